The largest absolute Gasteiger partial charge is 0.368 e. The normalized spacial score (nSPS) is 17.7. The molecule has 1 saturated heterocycles. The van der Waals surface area contributed by atoms with Gasteiger partial charge in [-0.15, -0.1) is 0 Å². The zero-order chi connectivity index (χ0) is 20.7. The summed E-state index contributed by atoms with van der Waals surface area (Å²) < 4.78 is 8.19. The summed E-state index contributed by atoms with van der Waals surface area (Å²) in [5.41, 5.74) is 3.44. The second-order valence-corrected chi connectivity index (χ2v) is 8.06. The summed E-state index contributed by atoms with van der Waals surface area (Å²) >= 11 is 0. The number of piperidine rings is 1. The average molecular weight is 404 g/mol. The van der Waals surface area contributed by atoms with Crippen LogP contribution in [-0.4, -0.2) is 45.3 Å². The molecule has 4 heterocycles. The number of amides is 1. The third kappa shape index (κ3) is 3.15. The molecule has 1 N–H and O–H groups in total. The predicted octanol–water partition coefficient (Wildman–Crippen LogP) is 2.57. The first kappa shape index (κ1) is 18.8. The molecule has 2 aromatic heterocycles. The maximum atomic E-state index is 12.9. The first-order valence-electron chi connectivity index (χ1n) is 10.3. The summed E-state index contributed by atoms with van der Waals surface area (Å²) in [5, 5.41) is 4.88. The van der Waals surface area contributed by atoms with Crippen molar-refractivity contribution in [2.45, 2.75) is 31.8 Å². The van der Waals surface area contributed by atoms with E-state index in [9.17, 15) is 9.59 Å². The number of fused-ring (bicyclic) bond motifs is 2. The standard InChI is InChI=1S/C23H24N4O3/c1-16-13-20(28)19(14-24-16)22(29)26-10-8-23(9-11-26)21-17(7-12-30-23)15-27(25-21)18-5-3-2-4-6-18/h2-6,13-15H,7-12H2,1H3,(H,24,28). The molecule has 0 saturated carbocycles. The SMILES string of the molecule is Cc1cc(=O)c(C(=O)N2CCC3(CC2)OCCc2cn(-c4ccccc4)nc23)c[nH]1. The van der Waals surface area contributed by atoms with Crippen LogP contribution in [0.3, 0.4) is 0 Å². The molecule has 1 spiro atoms. The maximum absolute atomic E-state index is 12.9. The van der Waals surface area contributed by atoms with Crippen LogP contribution < -0.4 is 5.43 Å². The molecule has 0 aliphatic carbocycles. The number of nitrogens with zero attached hydrogens (tertiary/aromatic N) is 3. The van der Waals surface area contributed by atoms with Crippen molar-refractivity contribution >= 4 is 5.91 Å². The first-order chi connectivity index (χ1) is 14.6. The van der Waals surface area contributed by atoms with Gasteiger partial charge in [0.15, 0.2) is 5.43 Å². The Morgan fingerprint density at radius 2 is 1.97 bits per heavy atom. The number of nitrogens with one attached hydrogen (secondary N) is 1. The second kappa shape index (κ2) is 7.25. The van der Waals surface area contributed by atoms with Gasteiger partial charge in [0, 0.05) is 37.2 Å². The number of hydrogen-bond donors (Lipinski definition) is 1. The van der Waals surface area contributed by atoms with E-state index in [2.05, 4.69) is 11.2 Å². The molecule has 3 aromatic rings. The summed E-state index contributed by atoms with van der Waals surface area (Å²) in [4.78, 5) is 29.8. The lowest BCUT2D eigenvalue weighted by molar-refractivity contribution is -0.0963. The highest BCUT2D eigenvalue weighted by Gasteiger charge is 2.44. The van der Waals surface area contributed by atoms with Gasteiger partial charge in [-0.2, -0.15) is 5.10 Å². The number of benzene rings is 1. The molecule has 2 aliphatic rings. The summed E-state index contributed by atoms with van der Waals surface area (Å²) in [5.74, 6) is -0.225. The summed E-state index contributed by atoms with van der Waals surface area (Å²) in [6, 6.07) is 11.5. The predicted molar refractivity (Wildman–Crippen MR) is 112 cm³/mol. The highest BCUT2D eigenvalue weighted by molar-refractivity contribution is 5.93. The molecule has 1 aromatic carbocycles. The highest BCUT2D eigenvalue weighted by Crippen LogP contribution is 2.41. The van der Waals surface area contributed by atoms with E-state index in [1.807, 2.05) is 35.0 Å². The van der Waals surface area contributed by atoms with Crippen molar-refractivity contribution in [3.63, 3.8) is 0 Å². The molecule has 2 aliphatic heterocycles. The molecule has 1 amide bonds. The molecular weight excluding hydrogens is 380 g/mol. The highest BCUT2D eigenvalue weighted by atomic mass is 16.5. The van der Waals surface area contributed by atoms with Crippen LogP contribution in [0.4, 0.5) is 0 Å². The van der Waals surface area contributed by atoms with Crippen LogP contribution in [0.25, 0.3) is 5.69 Å². The lowest BCUT2D eigenvalue weighted by Crippen LogP contribution is -2.49. The molecule has 0 unspecified atom stereocenters. The third-order valence-electron chi connectivity index (χ3n) is 6.14. The Hall–Kier alpha value is -3.19. The molecule has 7 nitrogen and oxygen atoms in total. The molecule has 154 valence electrons. The summed E-state index contributed by atoms with van der Waals surface area (Å²) in [6.45, 7) is 3.51. The van der Waals surface area contributed by atoms with E-state index in [1.165, 1.54) is 17.8 Å². The van der Waals surface area contributed by atoms with E-state index in [4.69, 9.17) is 9.84 Å². The minimum absolute atomic E-state index is 0.190. The summed E-state index contributed by atoms with van der Waals surface area (Å²) in [7, 11) is 0. The van der Waals surface area contributed by atoms with E-state index in [0.717, 1.165) is 23.5 Å². The van der Waals surface area contributed by atoms with Crippen molar-refractivity contribution in [2.75, 3.05) is 19.7 Å². The van der Waals surface area contributed by atoms with Crippen LogP contribution in [0, 0.1) is 6.92 Å². The third-order valence-corrected chi connectivity index (χ3v) is 6.14. The molecule has 0 radical (unpaired) electrons. The zero-order valence-corrected chi connectivity index (χ0v) is 16.9. The number of aromatic nitrogens is 3. The van der Waals surface area contributed by atoms with Crippen LogP contribution in [0.15, 0.2) is 53.6 Å². The fourth-order valence-corrected chi connectivity index (χ4v) is 4.48. The van der Waals surface area contributed by atoms with Gasteiger partial charge < -0.3 is 14.6 Å². The van der Waals surface area contributed by atoms with Gasteiger partial charge in [-0.1, -0.05) is 18.2 Å². The Morgan fingerprint density at radius 1 is 1.20 bits per heavy atom. The first-order valence-corrected chi connectivity index (χ1v) is 10.3. The fraction of sp³-hybridized carbons (Fsp3) is 0.348. The van der Waals surface area contributed by atoms with E-state index >= 15 is 0 Å². The number of rotatable bonds is 2. The van der Waals surface area contributed by atoms with Crippen molar-refractivity contribution in [1.82, 2.24) is 19.7 Å². The Labute approximate surface area is 174 Å². The number of hydrogen-bond acceptors (Lipinski definition) is 4. The van der Waals surface area contributed by atoms with Crippen molar-refractivity contribution in [3.05, 3.63) is 81.5 Å². The van der Waals surface area contributed by atoms with E-state index in [0.29, 0.717) is 32.5 Å². The number of aryl methyl sites for hydroxylation is 1. The average Bonchev–Trinajstić information content (AvgIpc) is 3.21. The summed E-state index contributed by atoms with van der Waals surface area (Å²) in [6.07, 6.45) is 5.79. The number of ether oxygens (including phenoxy) is 1. The minimum Gasteiger partial charge on any atom is -0.368 e. The number of aromatic amines is 1. The molecule has 5 rings (SSSR count). The number of carbonyl (C=O) groups is 1. The molecule has 7 heteroatoms. The Morgan fingerprint density at radius 3 is 2.70 bits per heavy atom. The van der Waals surface area contributed by atoms with Crippen LogP contribution >= 0.6 is 0 Å². The van der Waals surface area contributed by atoms with Crippen molar-refractivity contribution in [1.29, 1.82) is 0 Å². The lowest BCUT2D eigenvalue weighted by atomic mass is 9.83. The van der Waals surface area contributed by atoms with Gasteiger partial charge >= 0.3 is 0 Å². The van der Waals surface area contributed by atoms with Crippen LogP contribution in [-0.2, 0) is 16.8 Å². The number of likely N-dealkylation sites (tertiary alicyclic amines) is 1. The van der Waals surface area contributed by atoms with Gasteiger partial charge in [-0.25, -0.2) is 4.68 Å². The second-order valence-electron chi connectivity index (χ2n) is 8.06. The van der Waals surface area contributed by atoms with Crippen LogP contribution in [0.1, 0.15) is 40.2 Å². The molecule has 0 bridgehead atoms. The van der Waals surface area contributed by atoms with Crippen LogP contribution in [0.5, 0.6) is 0 Å². The number of pyridine rings is 1. The van der Waals surface area contributed by atoms with Crippen molar-refractivity contribution in [2.24, 2.45) is 0 Å². The Balaban J connectivity index is 1.38. The van der Waals surface area contributed by atoms with Crippen molar-refractivity contribution < 1.29 is 9.53 Å². The topological polar surface area (TPSA) is 80.2 Å². The van der Waals surface area contributed by atoms with Crippen LogP contribution in [0.2, 0.25) is 0 Å². The van der Waals surface area contributed by atoms with Gasteiger partial charge in [-0.05, 0) is 43.9 Å². The lowest BCUT2D eigenvalue weighted by Gasteiger charge is -2.42. The Kier molecular flexibility index (Phi) is 4.55. The van der Waals surface area contributed by atoms with Gasteiger partial charge in [-0.3, -0.25) is 9.59 Å². The molecule has 30 heavy (non-hydrogen) atoms. The molecular formula is C23H24N4O3. The van der Waals surface area contributed by atoms with E-state index < -0.39 is 5.60 Å². The number of carbonyl (C=O) groups excluding carboxylic acids is 1. The number of H-pyrrole nitrogens is 1. The maximum Gasteiger partial charge on any atom is 0.259 e. The smallest absolute Gasteiger partial charge is 0.259 e. The Bertz CT molecular complexity index is 1140. The quantitative estimate of drug-likeness (QED) is 0.712. The number of para-hydroxylation sites is 1. The van der Waals surface area contributed by atoms with Gasteiger partial charge in [0.05, 0.1) is 18.0 Å². The fourth-order valence-electron chi connectivity index (χ4n) is 4.48. The zero-order valence-electron chi connectivity index (χ0n) is 16.9. The van der Waals surface area contributed by atoms with Crippen molar-refractivity contribution in [3.8, 4) is 5.69 Å². The monoisotopic (exact) mass is 404 g/mol. The molecule has 0 atom stereocenters. The van der Waals surface area contributed by atoms with Gasteiger partial charge in [0.2, 0.25) is 0 Å². The minimum atomic E-state index is -0.468. The van der Waals surface area contributed by atoms with E-state index in [-0.39, 0.29) is 16.9 Å². The van der Waals surface area contributed by atoms with Gasteiger partial charge in [0.25, 0.3) is 5.91 Å². The van der Waals surface area contributed by atoms with E-state index in [1.54, 1.807) is 11.8 Å². The van der Waals surface area contributed by atoms with Gasteiger partial charge in [0.1, 0.15) is 11.2 Å². The molecule has 1 fully saturated rings.